The molecule has 0 bridgehead atoms. The third-order valence-corrected chi connectivity index (χ3v) is 8.55. The summed E-state index contributed by atoms with van der Waals surface area (Å²) in [6, 6.07) is 18.8. The highest BCUT2D eigenvalue weighted by atomic mass is 35.5. The number of thiophene rings is 1. The van der Waals surface area contributed by atoms with Gasteiger partial charge in [-0.15, -0.1) is 11.3 Å². The van der Waals surface area contributed by atoms with Gasteiger partial charge >= 0.3 is 5.97 Å². The number of methoxy groups -OCH3 is 1. The van der Waals surface area contributed by atoms with Crippen molar-refractivity contribution in [3.63, 3.8) is 0 Å². The number of rotatable bonds is 6. The zero-order valence-corrected chi connectivity index (χ0v) is 24.0. The summed E-state index contributed by atoms with van der Waals surface area (Å²) >= 11 is 7.16. The Hall–Kier alpha value is -3.48. The average Bonchev–Trinajstić information content (AvgIpc) is 3.36. The highest BCUT2D eigenvalue weighted by Crippen LogP contribution is 2.45. The number of esters is 1. The molecule has 39 heavy (non-hydrogen) atoms. The first-order chi connectivity index (χ1) is 18.6. The van der Waals surface area contributed by atoms with Crippen molar-refractivity contribution in [3.05, 3.63) is 92.3 Å². The summed E-state index contributed by atoms with van der Waals surface area (Å²) in [5.74, 6) is 0.278. The first-order valence-electron chi connectivity index (χ1n) is 12.9. The highest BCUT2D eigenvalue weighted by Gasteiger charge is 2.35. The Labute approximate surface area is 237 Å². The van der Waals surface area contributed by atoms with Crippen LogP contribution >= 0.6 is 22.9 Å². The number of hydrogen-bond acceptors (Lipinski definition) is 6. The first kappa shape index (κ1) is 27.1. The Morgan fingerprint density at radius 3 is 2.46 bits per heavy atom. The number of halogens is 1. The van der Waals surface area contributed by atoms with Gasteiger partial charge < -0.3 is 9.47 Å². The summed E-state index contributed by atoms with van der Waals surface area (Å²) in [6.45, 7) is 6.33. The molecule has 0 unspecified atom stereocenters. The maximum absolute atomic E-state index is 13.7. The lowest BCUT2D eigenvalue weighted by Crippen LogP contribution is -2.29. The van der Waals surface area contributed by atoms with Crippen LogP contribution in [0.1, 0.15) is 64.0 Å². The Balaban J connectivity index is 1.60. The fraction of sp³-hybridized carbons (Fsp3) is 0.281. The van der Waals surface area contributed by atoms with Crippen LogP contribution in [0.15, 0.2) is 60.7 Å². The number of aromatic nitrogens is 1. The van der Waals surface area contributed by atoms with Gasteiger partial charge in [0.15, 0.2) is 6.61 Å². The van der Waals surface area contributed by atoms with E-state index in [9.17, 15) is 9.59 Å². The molecule has 5 rings (SSSR count). The van der Waals surface area contributed by atoms with E-state index >= 15 is 0 Å². The van der Waals surface area contributed by atoms with Crippen LogP contribution in [0, 0.1) is 11.3 Å². The maximum atomic E-state index is 13.7. The molecule has 0 amide bonds. The number of fused-ring (bicyclic) bond motifs is 2. The molecule has 1 atom stereocenters. The lowest BCUT2D eigenvalue weighted by atomic mass is 9.69. The molecular weight excluding hydrogens is 530 g/mol. The van der Waals surface area contributed by atoms with Crippen molar-refractivity contribution >= 4 is 57.2 Å². The van der Waals surface area contributed by atoms with Gasteiger partial charge in [0.2, 0.25) is 5.78 Å². The molecule has 4 aromatic rings. The number of Topliss-reactive ketones (excluding diaryl/α,β-unsaturated/α-hetero) is 1. The molecule has 0 aliphatic heterocycles. The molecule has 1 aliphatic rings. The molecule has 0 spiro atoms. The smallest absolute Gasteiger partial charge is 0.339 e. The summed E-state index contributed by atoms with van der Waals surface area (Å²) in [5.41, 5.74) is 5.00. The third kappa shape index (κ3) is 5.77. The average molecular weight is 560 g/mol. The summed E-state index contributed by atoms with van der Waals surface area (Å²) in [4.78, 5) is 31.9. The minimum absolute atomic E-state index is 0.00207. The SMILES string of the molecule is COc1ccc(/C=C2/C[C@@H](C(C)(C)C)Cc3c2nc2ccccc2c3C(=O)OCC(=O)c2ccc(Cl)s2)cc1. The number of nitrogens with zero attached hydrogens (tertiary/aromatic N) is 1. The number of para-hydroxylation sites is 1. The number of hydrogen-bond donors (Lipinski definition) is 0. The van der Waals surface area contributed by atoms with Gasteiger partial charge in [-0.2, -0.15) is 0 Å². The predicted octanol–water partition coefficient (Wildman–Crippen LogP) is 8.15. The van der Waals surface area contributed by atoms with Gasteiger partial charge in [0, 0.05) is 5.39 Å². The van der Waals surface area contributed by atoms with Crippen molar-refractivity contribution in [1.29, 1.82) is 0 Å². The Kier molecular flexibility index (Phi) is 7.61. The second kappa shape index (κ2) is 10.9. The molecule has 0 saturated heterocycles. The van der Waals surface area contributed by atoms with Crippen LogP contribution in [0.4, 0.5) is 0 Å². The van der Waals surface area contributed by atoms with Crippen LogP contribution in [-0.2, 0) is 11.2 Å². The lowest BCUT2D eigenvalue weighted by Gasteiger charge is -2.36. The van der Waals surface area contributed by atoms with E-state index in [4.69, 9.17) is 26.1 Å². The molecule has 0 N–H and O–H groups in total. The number of carbonyl (C=O) groups excluding carboxylic acids is 2. The van der Waals surface area contributed by atoms with Crippen molar-refractivity contribution < 1.29 is 19.1 Å². The van der Waals surface area contributed by atoms with E-state index in [-0.39, 0.29) is 23.7 Å². The second-order valence-corrected chi connectivity index (χ2v) is 12.6. The number of ketones is 1. The molecule has 200 valence electrons. The summed E-state index contributed by atoms with van der Waals surface area (Å²) < 4.78 is 11.5. The van der Waals surface area contributed by atoms with Gasteiger partial charge in [0.05, 0.1) is 33.1 Å². The number of allylic oxidation sites excluding steroid dienone is 1. The topological polar surface area (TPSA) is 65.5 Å². The summed E-state index contributed by atoms with van der Waals surface area (Å²) in [6.07, 6.45) is 3.67. The molecule has 2 heterocycles. The maximum Gasteiger partial charge on any atom is 0.339 e. The largest absolute Gasteiger partial charge is 0.497 e. The number of ether oxygens (including phenoxy) is 2. The van der Waals surface area contributed by atoms with Gasteiger partial charge in [-0.25, -0.2) is 9.78 Å². The molecule has 2 aromatic heterocycles. The third-order valence-electron chi connectivity index (χ3n) is 7.28. The number of pyridine rings is 1. The lowest BCUT2D eigenvalue weighted by molar-refractivity contribution is 0.0475. The number of benzene rings is 2. The molecule has 0 radical (unpaired) electrons. The Morgan fingerprint density at radius 2 is 1.79 bits per heavy atom. The fourth-order valence-corrected chi connectivity index (χ4v) is 5.98. The molecule has 5 nitrogen and oxygen atoms in total. The van der Waals surface area contributed by atoms with E-state index in [0.29, 0.717) is 21.2 Å². The number of carbonyl (C=O) groups is 2. The summed E-state index contributed by atoms with van der Waals surface area (Å²) in [7, 11) is 1.65. The van der Waals surface area contributed by atoms with Gasteiger partial charge in [0.25, 0.3) is 0 Å². The predicted molar refractivity (Wildman–Crippen MR) is 158 cm³/mol. The zero-order chi connectivity index (χ0) is 27.7. The minimum atomic E-state index is -0.515. The molecule has 0 fully saturated rings. The van der Waals surface area contributed by atoms with E-state index in [2.05, 4.69) is 26.8 Å². The standard InChI is InChI=1S/C32H30ClNO4S/c1-32(2,3)21-16-20(15-19-9-11-22(37-4)12-10-19)30-24(17-21)29(23-7-5-6-8-25(23)34-30)31(36)38-18-26(35)27-13-14-28(33)39-27/h5-15,21H,16-18H2,1-4H3/b20-15-/t21-/m1/s1. The van der Waals surface area contributed by atoms with Gasteiger partial charge in [-0.1, -0.05) is 62.7 Å². The van der Waals surface area contributed by atoms with Crippen LogP contribution in [0.5, 0.6) is 5.75 Å². The monoisotopic (exact) mass is 559 g/mol. The van der Waals surface area contributed by atoms with Crippen molar-refractivity contribution in [3.8, 4) is 5.75 Å². The van der Waals surface area contributed by atoms with E-state index in [0.717, 1.165) is 45.5 Å². The van der Waals surface area contributed by atoms with Crippen LogP contribution in [0.25, 0.3) is 22.6 Å². The molecule has 0 saturated carbocycles. The first-order valence-corrected chi connectivity index (χ1v) is 14.1. The Bertz CT molecular complexity index is 1580. The van der Waals surface area contributed by atoms with Crippen molar-refractivity contribution in [2.75, 3.05) is 13.7 Å². The minimum Gasteiger partial charge on any atom is -0.497 e. The van der Waals surface area contributed by atoms with Crippen molar-refractivity contribution in [1.82, 2.24) is 4.98 Å². The van der Waals surface area contributed by atoms with Crippen molar-refractivity contribution in [2.24, 2.45) is 11.3 Å². The van der Waals surface area contributed by atoms with Crippen LogP contribution in [0.3, 0.4) is 0 Å². The summed E-state index contributed by atoms with van der Waals surface area (Å²) in [5, 5.41) is 0.728. The van der Waals surface area contributed by atoms with Crippen LogP contribution in [0.2, 0.25) is 4.34 Å². The van der Waals surface area contributed by atoms with Gasteiger partial charge in [0.1, 0.15) is 5.75 Å². The Morgan fingerprint density at radius 1 is 1.05 bits per heavy atom. The molecular formula is C32H30ClNO4S. The van der Waals surface area contributed by atoms with E-state index in [1.807, 2.05) is 48.5 Å². The zero-order valence-electron chi connectivity index (χ0n) is 22.4. The molecule has 2 aromatic carbocycles. The normalized spacial score (nSPS) is 16.2. The fourth-order valence-electron chi connectivity index (χ4n) is 5.01. The van der Waals surface area contributed by atoms with E-state index in [1.54, 1.807) is 19.2 Å². The second-order valence-electron chi connectivity index (χ2n) is 10.8. The van der Waals surface area contributed by atoms with Crippen LogP contribution < -0.4 is 4.74 Å². The van der Waals surface area contributed by atoms with Crippen LogP contribution in [-0.4, -0.2) is 30.5 Å². The van der Waals surface area contributed by atoms with E-state index in [1.165, 1.54) is 11.3 Å². The van der Waals surface area contributed by atoms with E-state index < -0.39 is 5.97 Å². The van der Waals surface area contributed by atoms with Gasteiger partial charge in [-0.3, -0.25) is 4.79 Å². The molecule has 1 aliphatic carbocycles. The van der Waals surface area contributed by atoms with Crippen molar-refractivity contribution in [2.45, 2.75) is 33.6 Å². The van der Waals surface area contributed by atoms with Gasteiger partial charge in [-0.05, 0) is 77.3 Å². The quantitative estimate of drug-likeness (QED) is 0.176. The molecule has 7 heteroatoms. The highest BCUT2D eigenvalue weighted by molar-refractivity contribution is 7.18.